The molecule has 0 radical (unpaired) electrons. The van der Waals surface area contributed by atoms with Gasteiger partial charge in [-0.05, 0) is 0 Å². The molecule has 0 aliphatic rings. The van der Waals surface area contributed by atoms with Crippen molar-refractivity contribution in [2.24, 2.45) is 0 Å². The molecule has 0 aromatic heterocycles. The van der Waals surface area contributed by atoms with Gasteiger partial charge in [-0.15, -0.1) is 0 Å². The molecule has 0 aromatic rings. The van der Waals surface area contributed by atoms with Gasteiger partial charge < -0.3 is 18.1 Å². The van der Waals surface area contributed by atoms with Crippen molar-refractivity contribution in [3.63, 3.8) is 0 Å². The zero-order chi connectivity index (χ0) is 27.2. The van der Waals surface area contributed by atoms with Crippen LogP contribution in [-0.4, -0.2) is 43.1 Å². The predicted molar refractivity (Wildman–Crippen MR) is 60.5 cm³/mol. The molecule has 0 saturated carbocycles. The summed E-state index contributed by atoms with van der Waals surface area (Å²) in [7, 11) is 0. The van der Waals surface area contributed by atoms with E-state index in [1.54, 1.807) is 9.47 Å². The molecule has 0 amide bonds. The van der Waals surface area contributed by atoms with Gasteiger partial charge >= 0.3 is 43.1 Å². The van der Waals surface area contributed by atoms with Crippen LogP contribution in [0.1, 0.15) is 0 Å². The smallest absolute Gasteiger partial charge is 0.466 e. The second-order valence-electron chi connectivity index (χ2n) is 5.29. The summed E-state index contributed by atoms with van der Waals surface area (Å²) in [6, 6.07) is -9.08. The molecular formula is C10BF20O2-. The number of hydrogen-bond acceptors (Lipinski definition) is 2. The van der Waals surface area contributed by atoms with Crippen LogP contribution in [0.2, 0.25) is 0 Å². The van der Waals surface area contributed by atoms with E-state index in [4.69, 9.17) is 0 Å². The zero-order valence-corrected chi connectivity index (χ0v) is 14.0. The van der Waals surface area contributed by atoms with Gasteiger partial charge in [0.15, 0.2) is 0 Å². The SMILES string of the molecule is F/C(OC(F)(F)C(F)(F)C(F)(F)F)=C(/F)[B-](F)(F)/C(F)=C(\F)OC(F)(F)C(F)(F)C(F)(F)F. The van der Waals surface area contributed by atoms with Crippen LogP contribution >= 0.6 is 0 Å². The van der Waals surface area contributed by atoms with Crippen LogP contribution in [0, 0.1) is 0 Å². The lowest BCUT2D eigenvalue weighted by Gasteiger charge is -2.29. The second-order valence-corrected chi connectivity index (χ2v) is 5.29. The third kappa shape index (κ3) is 5.63. The van der Waals surface area contributed by atoms with E-state index in [0.29, 0.717) is 0 Å². The molecule has 33 heavy (non-hydrogen) atoms. The first-order valence-corrected chi connectivity index (χ1v) is 6.73. The summed E-state index contributed by atoms with van der Waals surface area (Å²) in [5.41, 5.74) is -9.29. The van der Waals surface area contributed by atoms with Gasteiger partial charge in [0, 0.05) is 0 Å². The van der Waals surface area contributed by atoms with E-state index in [9.17, 15) is 87.7 Å². The molecule has 196 valence electrons. The molecule has 23 heteroatoms. The Morgan fingerprint density at radius 1 is 0.455 bits per heavy atom. The van der Waals surface area contributed by atoms with Crippen LogP contribution in [0.4, 0.5) is 87.7 Å². The highest BCUT2D eigenvalue weighted by Crippen LogP contribution is 2.50. The number of alkyl halides is 14. The molecule has 0 fully saturated rings. The van der Waals surface area contributed by atoms with Crippen molar-refractivity contribution in [3.05, 3.63) is 23.5 Å². The summed E-state index contributed by atoms with van der Waals surface area (Å²) in [5.74, 6) is -14.9. The summed E-state index contributed by atoms with van der Waals surface area (Å²) < 4.78 is 252. The lowest BCUT2D eigenvalue weighted by atomic mass is 9.62. The Balaban J connectivity index is 6.22. The second kappa shape index (κ2) is 8.51. The van der Waals surface area contributed by atoms with E-state index in [1.165, 1.54) is 0 Å². The van der Waals surface area contributed by atoms with Crippen molar-refractivity contribution in [3.8, 4) is 0 Å². The first-order chi connectivity index (χ1) is 14.1. The Hall–Kier alpha value is -2.26. The molecule has 0 N–H and O–H groups in total. The van der Waals surface area contributed by atoms with Gasteiger partial charge in [-0.1, -0.05) is 0 Å². The first kappa shape index (κ1) is 30.7. The highest BCUT2D eigenvalue weighted by molar-refractivity contribution is 6.79. The van der Waals surface area contributed by atoms with E-state index in [0.717, 1.165) is 0 Å². The van der Waals surface area contributed by atoms with Crippen LogP contribution in [0.5, 0.6) is 0 Å². The lowest BCUT2D eigenvalue weighted by Crippen LogP contribution is -2.53. The van der Waals surface area contributed by atoms with Crippen molar-refractivity contribution >= 4 is 6.70 Å². The van der Waals surface area contributed by atoms with Crippen molar-refractivity contribution in [2.75, 3.05) is 0 Å². The average molecular weight is 543 g/mol. The molecule has 2 nitrogen and oxygen atoms in total. The molecule has 0 rings (SSSR count). The first-order valence-electron chi connectivity index (χ1n) is 6.73. The van der Waals surface area contributed by atoms with Crippen LogP contribution < -0.4 is 0 Å². The maximum absolute atomic E-state index is 13.2. The number of halogens is 20. The van der Waals surface area contributed by atoms with E-state index in [-0.39, 0.29) is 0 Å². The Labute approximate surface area is 165 Å². The molecular weight excluding hydrogens is 543 g/mol. The fraction of sp³-hybridized carbons (Fsp3) is 0.600. The number of ether oxygens (including phenoxy) is 2. The number of rotatable bonds is 8. The fourth-order valence-electron chi connectivity index (χ4n) is 1.18. The zero-order valence-electron chi connectivity index (χ0n) is 14.0. The fourth-order valence-corrected chi connectivity index (χ4v) is 1.18. The third-order valence-corrected chi connectivity index (χ3v) is 2.89. The van der Waals surface area contributed by atoms with E-state index < -0.39 is 66.6 Å². The van der Waals surface area contributed by atoms with Crippen molar-refractivity contribution in [1.29, 1.82) is 0 Å². The molecule has 0 unspecified atom stereocenters. The van der Waals surface area contributed by atoms with Crippen LogP contribution in [0.15, 0.2) is 23.5 Å². The van der Waals surface area contributed by atoms with Gasteiger partial charge in [0.05, 0.1) is 11.5 Å². The highest BCUT2D eigenvalue weighted by atomic mass is 19.4. The normalized spacial score (nSPS) is 16.8. The van der Waals surface area contributed by atoms with Gasteiger partial charge in [-0.3, -0.25) is 0 Å². The van der Waals surface area contributed by atoms with Gasteiger partial charge in [0.25, 0.3) is 12.0 Å². The van der Waals surface area contributed by atoms with Crippen LogP contribution in [-0.2, 0) is 9.47 Å². The van der Waals surface area contributed by atoms with E-state index in [2.05, 4.69) is 0 Å². The molecule has 0 atom stereocenters. The minimum absolute atomic E-state index is 1.71. The summed E-state index contributed by atoms with van der Waals surface area (Å²) in [5, 5.41) is 0. The lowest BCUT2D eigenvalue weighted by molar-refractivity contribution is -0.419. The predicted octanol–water partition coefficient (Wildman–Crippen LogP) is 7.28. The average Bonchev–Trinajstić information content (AvgIpc) is 2.56. The van der Waals surface area contributed by atoms with E-state index in [1.807, 2.05) is 0 Å². The van der Waals surface area contributed by atoms with Crippen LogP contribution in [0.3, 0.4) is 0 Å². The molecule has 0 aliphatic heterocycles. The maximum atomic E-state index is 13.2. The van der Waals surface area contributed by atoms with Gasteiger partial charge in [-0.2, -0.15) is 70.2 Å². The van der Waals surface area contributed by atoms with Crippen LogP contribution in [0.25, 0.3) is 0 Å². The maximum Gasteiger partial charge on any atom is 0.475 e. The summed E-state index contributed by atoms with van der Waals surface area (Å²) >= 11 is 0. The van der Waals surface area contributed by atoms with Crippen molar-refractivity contribution in [1.82, 2.24) is 0 Å². The molecule has 0 aliphatic carbocycles. The van der Waals surface area contributed by atoms with Crippen molar-refractivity contribution < 1.29 is 97.1 Å². The summed E-state index contributed by atoms with van der Waals surface area (Å²) in [4.78, 5) is 0. The van der Waals surface area contributed by atoms with Gasteiger partial charge in [-0.25, -0.2) is 8.78 Å². The Morgan fingerprint density at radius 2 is 0.667 bits per heavy atom. The molecule has 0 saturated heterocycles. The Bertz CT molecular complexity index is 724. The third-order valence-electron chi connectivity index (χ3n) is 2.89. The summed E-state index contributed by atoms with van der Waals surface area (Å²) in [6.07, 6.45) is -29.2. The van der Waals surface area contributed by atoms with Gasteiger partial charge in [0.1, 0.15) is 0 Å². The topological polar surface area (TPSA) is 18.5 Å². The molecule has 0 aromatic carbocycles. The highest BCUT2D eigenvalue weighted by Gasteiger charge is 2.77. The number of hydrogen-bond donors (Lipinski definition) is 0. The molecule has 0 spiro atoms. The Morgan fingerprint density at radius 3 is 0.848 bits per heavy atom. The minimum atomic E-state index is -7.77. The molecule has 0 heterocycles. The van der Waals surface area contributed by atoms with E-state index >= 15 is 0 Å². The summed E-state index contributed by atoms with van der Waals surface area (Å²) in [6.45, 7) is -7.77. The molecule has 0 bridgehead atoms. The quantitative estimate of drug-likeness (QED) is 0.182. The minimum Gasteiger partial charge on any atom is -0.466 e. The Kier molecular flexibility index (Phi) is 7.93. The largest absolute Gasteiger partial charge is 0.475 e. The monoisotopic (exact) mass is 543 g/mol. The standard InChI is InChI=1S/C10BF20O2/c12-1(3(14)32-9(26,27)5(16,17)7(20,21)22)11(30,31)2(13)4(15)33-10(28,29)6(18,19)8(23,24)25/q-1/b3-1-,4-2-. The van der Waals surface area contributed by atoms with Gasteiger partial charge in [0.2, 0.25) is 0 Å². The van der Waals surface area contributed by atoms with Crippen molar-refractivity contribution in [2.45, 2.75) is 36.4 Å².